The second-order valence-electron chi connectivity index (χ2n) is 8.95. The van der Waals surface area contributed by atoms with E-state index in [-0.39, 0.29) is 5.91 Å². The van der Waals surface area contributed by atoms with Crippen molar-refractivity contribution in [3.05, 3.63) is 78.4 Å². The minimum atomic E-state index is -0.422. The van der Waals surface area contributed by atoms with Crippen LogP contribution < -0.4 is 25.4 Å². The number of nitrogens with one attached hydrogen (secondary N) is 3. The number of anilines is 2. The second kappa shape index (κ2) is 13.3. The molecular weight excluding hydrogens is 468 g/mol. The lowest BCUT2D eigenvalue weighted by Gasteiger charge is -2.15. The first-order valence-electron chi connectivity index (χ1n) is 12.7. The van der Waals surface area contributed by atoms with Gasteiger partial charge in [-0.3, -0.25) is 4.79 Å². The highest BCUT2D eigenvalue weighted by Gasteiger charge is 2.14. The number of hydrogen-bond acceptors (Lipinski definition) is 5. The third kappa shape index (κ3) is 7.98. The molecule has 1 aliphatic heterocycles. The number of ether oxygens (including phenoxy) is 2. The number of unbranched alkanes of at least 4 members (excludes halogenated alkanes) is 1. The van der Waals surface area contributed by atoms with E-state index < -0.39 is 6.03 Å². The van der Waals surface area contributed by atoms with Gasteiger partial charge >= 0.3 is 6.03 Å². The molecule has 1 aliphatic rings. The number of carbonyl (C=O) groups is 2. The maximum absolute atomic E-state index is 12.7. The Morgan fingerprint density at radius 2 is 1.57 bits per heavy atom. The molecule has 4 rings (SSSR count). The van der Waals surface area contributed by atoms with E-state index in [1.54, 1.807) is 36.4 Å². The molecule has 1 heterocycles. The Labute approximate surface area is 218 Å². The first kappa shape index (κ1) is 26.0. The number of hydrogen-bond donors (Lipinski definition) is 3. The minimum absolute atomic E-state index is 0.191. The van der Waals surface area contributed by atoms with Crippen LogP contribution in [0.15, 0.2) is 72.8 Å². The van der Waals surface area contributed by atoms with Gasteiger partial charge in [0, 0.05) is 30.1 Å². The van der Waals surface area contributed by atoms with Gasteiger partial charge in [-0.25, -0.2) is 4.79 Å². The summed E-state index contributed by atoms with van der Waals surface area (Å²) in [6.07, 6.45) is 4.58. The van der Waals surface area contributed by atoms with Crippen molar-refractivity contribution in [3.63, 3.8) is 0 Å². The molecular formula is C29H34N4O4. The van der Waals surface area contributed by atoms with Crippen molar-refractivity contribution in [2.45, 2.75) is 25.7 Å². The molecule has 0 spiro atoms. The van der Waals surface area contributed by atoms with E-state index in [0.717, 1.165) is 19.4 Å². The van der Waals surface area contributed by atoms with Crippen LogP contribution in [0.4, 0.5) is 16.2 Å². The highest BCUT2D eigenvalue weighted by molar-refractivity contribution is 6.01. The van der Waals surface area contributed by atoms with Crippen LogP contribution in [0.25, 0.3) is 0 Å². The zero-order valence-corrected chi connectivity index (χ0v) is 21.2. The zero-order chi connectivity index (χ0) is 25.9. The predicted octanol–water partition coefficient (Wildman–Crippen LogP) is 5.74. The molecule has 8 nitrogen and oxygen atoms in total. The lowest BCUT2D eigenvalue weighted by Crippen LogP contribution is -2.26. The summed E-state index contributed by atoms with van der Waals surface area (Å²) in [5.41, 5.74) is 1.52. The fraction of sp³-hybridized carbons (Fsp3) is 0.310. The first-order chi connectivity index (χ1) is 18.1. The van der Waals surface area contributed by atoms with Crippen molar-refractivity contribution in [3.8, 4) is 17.2 Å². The summed E-state index contributed by atoms with van der Waals surface area (Å²) >= 11 is 0. The van der Waals surface area contributed by atoms with Gasteiger partial charge in [0.05, 0.1) is 12.7 Å². The lowest BCUT2D eigenvalue weighted by atomic mass is 10.1. The standard InChI is InChI=1S/C29H34N4O4/c1-36-27-21-23(14-15-26(27)28(34)30-16-5-6-17-33-18-7-8-19-33)32-29(35)31-22-10-9-13-25(20-22)37-24-11-3-2-4-12-24/h2-4,9-15,20-21H,5-8,16-19H2,1H3,(H,30,34)(H2,31,32,35). The topological polar surface area (TPSA) is 91.9 Å². The van der Waals surface area contributed by atoms with Crippen LogP contribution >= 0.6 is 0 Å². The molecule has 194 valence electrons. The van der Waals surface area contributed by atoms with Crippen molar-refractivity contribution >= 4 is 23.3 Å². The van der Waals surface area contributed by atoms with Gasteiger partial charge in [-0.15, -0.1) is 0 Å². The van der Waals surface area contributed by atoms with Crippen molar-refractivity contribution in [1.29, 1.82) is 0 Å². The van der Waals surface area contributed by atoms with Crippen molar-refractivity contribution in [2.75, 3.05) is 43.9 Å². The van der Waals surface area contributed by atoms with Crippen molar-refractivity contribution < 1.29 is 19.1 Å². The summed E-state index contributed by atoms with van der Waals surface area (Å²) in [5.74, 6) is 1.52. The van der Waals surface area contributed by atoms with Gasteiger partial charge in [0.2, 0.25) is 0 Å². The molecule has 3 amide bonds. The molecule has 8 heteroatoms. The fourth-order valence-corrected chi connectivity index (χ4v) is 4.28. The van der Waals surface area contributed by atoms with Crippen LogP contribution in [0.3, 0.4) is 0 Å². The number of urea groups is 1. The summed E-state index contributed by atoms with van der Waals surface area (Å²) in [5, 5.41) is 8.54. The summed E-state index contributed by atoms with van der Waals surface area (Å²) in [6.45, 7) is 4.09. The molecule has 3 N–H and O–H groups in total. The van der Waals surface area contributed by atoms with Gasteiger partial charge in [0.15, 0.2) is 0 Å². The maximum Gasteiger partial charge on any atom is 0.323 e. The highest BCUT2D eigenvalue weighted by Crippen LogP contribution is 2.25. The summed E-state index contributed by atoms with van der Waals surface area (Å²) < 4.78 is 11.2. The Morgan fingerprint density at radius 3 is 2.32 bits per heavy atom. The van der Waals surface area contributed by atoms with Gasteiger partial charge in [-0.05, 0) is 81.7 Å². The van der Waals surface area contributed by atoms with Crippen LogP contribution in [-0.2, 0) is 0 Å². The third-order valence-electron chi connectivity index (χ3n) is 6.16. The Balaban J connectivity index is 1.27. The quantitative estimate of drug-likeness (QED) is 0.291. The first-order valence-corrected chi connectivity index (χ1v) is 12.7. The molecule has 3 aromatic rings. The highest BCUT2D eigenvalue weighted by atomic mass is 16.5. The Bertz CT molecular complexity index is 1180. The Hall–Kier alpha value is -4.04. The smallest absolute Gasteiger partial charge is 0.323 e. The molecule has 1 fully saturated rings. The van der Waals surface area contributed by atoms with E-state index in [9.17, 15) is 9.59 Å². The number of benzene rings is 3. The number of likely N-dealkylation sites (tertiary alicyclic amines) is 1. The Morgan fingerprint density at radius 1 is 0.838 bits per heavy atom. The number of carbonyl (C=O) groups excluding carboxylic acids is 2. The normalized spacial score (nSPS) is 13.1. The molecule has 0 saturated carbocycles. The SMILES string of the molecule is COc1cc(NC(=O)Nc2cccc(Oc3ccccc3)c2)ccc1C(=O)NCCCCN1CCCC1. The van der Waals surface area contributed by atoms with E-state index >= 15 is 0 Å². The van der Waals surface area contributed by atoms with Crippen molar-refractivity contribution in [2.24, 2.45) is 0 Å². The monoisotopic (exact) mass is 502 g/mol. The molecule has 3 aromatic carbocycles. The molecule has 0 atom stereocenters. The average molecular weight is 503 g/mol. The van der Waals surface area contributed by atoms with Crippen molar-refractivity contribution in [1.82, 2.24) is 10.2 Å². The minimum Gasteiger partial charge on any atom is -0.496 e. The summed E-state index contributed by atoms with van der Waals surface area (Å²) in [6, 6.07) is 21.1. The Kier molecular flexibility index (Phi) is 9.37. The van der Waals surface area contributed by atoms with Crippen LogP contribution in [0, 0.1) is 0 Å². The zero-order valence-electron chi connectivity index (χ0n) is 21.2. The van der Waals surface area contributed by atoms with E-state index in [4.69, 9.17) is 9.47 Å². The summed E-state index contributed by atoms with van der Waals surface area (Å²) in [4.78, 5) is 27.7. The fourth-order valence-electron chi connectivity index (χ4n) is 4.28. The van der Waals surface area contributed by atoms with E-state index in [2.05, 4.69) is 20.9 Å². The lowest BCUT2D eigenvalue weighted by molar-refractivity contribution is 0.0949. The molecule has 0 bridgehead atoms. The number of amides is 3. The van der Waals surface area contributed by atoms with Crippen LogP contribution in [0.1, 0.15) is 36.0 Å². The second-order valence-corrected chi connectivity index (χ2v) is 8.95. The molecule has 37 heavy (non-hydrogen) atoms. The summed E-state index contributed by atoms with van der Waals surface area (Å²) in [7, 11) is 1.50. The molecule has 0 aromatic heterocycles. The van der Waals surface area contributed by atoms with Gasteiger partial charge in [-0.2, -0.15) is 0 Å². The van der Waals surface area contributed by atoms with Gasteiger partial charge in [0.25, 0.3) is 5.91 Å². The van der Waals surface area contributed by atoms with E-state index in [1.165, 1.54) is 33.0 Å². The average Bonchev–Trinajstić information content (AvgIpc) is 3.42. The number of methoxy groups -OCH3 is 1. The van der Waals surface area contributed by atoms with E-state index in [1.807, 2.05) is 36.4 Å². The van der Waals surface area contributed by atoms with Crippen LogP contribution in [-0.4, -0.2) is 50.1 Å². The van der Waals surface area contributed by atoms with Gasteiger partial charge in [-0.1, -0.05) is 24.3 Å². The third-order valence-corrected chi connectivity index (χ3v) is 6.16. The van der Waals surface area contributed by atoms with E-state index in [0.29, 0.717) is 40.7 Å². The molecule has 0 aliphatic carbocycles. The predicted molar refractivity (Wildman–Crippen MR) is 146 cm³/mol. The number of para-hydroxylation sites is 1. The van der Waals surface area contributed by atoms with Gasteiger partial charge < -0.3 is 30.3 Å². The molecule has 1 saturated heterocycles. The van der Waals surface area contributed by atoms with Crippen LogP contribution in [0.5, 0.6) is 17.2 Å². The van der Waals surface area contributed by atoms with Gasteiger partial charge in [0.1, 0.15) is 17.2 Å². The molecule has 0 radical (unpaired) electrons. The van der Waals surface area contributed by atoms with Crippen LogP contribution in [0.2, 0.25) is 0 Å². The maximum atomic E-state index is 12.7. The molecule has 0 unspecified atom stereocenters. The number of rotatable bonds is 11. The number of nitrogens with zero attached hydrogens (tertiary/aromatic N) is 1. The largest absolute Gasteiger partial charge is 0.496 e.